The van der Waals surface area contributed by atoms with Gasteiger partial charge in [0, 0.05) is 12.6 Å². The molecule has 2 N–H and O–H groups in total. The molecule has 4 nitrogen and oxygen atoms in total. The second kappa shape index (κ2) is 8.53. The smallest absolute Gasteiger partial charge is 0.199 e. The van der Waals surface area contributed by atoms with E-state index < -0.39 is 0 Å². The number of likely N-dealkylation sites (tertiary alicyclic amines) is 1. The summed E-state index contributed by atoms with van der Waals surface area (Å²) in [6.07, 6.45) is 9.97. The average molecular weight is 372 g/mol. The molecule has 0 aromatic heterocycles. The number of aliphatic imine (C=N–C) groups is 1. The maximum atomic E-state index is 10.5. The Hall–Kier alpha value is -1.71. The van der Waals surface area contributed by atoms with Gasteiger partial charge in [0.2, 0.25) is 0 Å². The fourth-order valence-corrected chi connectivity index (χ4v) is 4.20. The summed E-state index contributed by atoms with van der Waals surface area (Å²) in [6.45, 7) is 9.94. The highest BCUT2D eigenvalue weighted by Crippen LogP contribution is 2.32. The van der Waals surface area contributed by atoms with Gasteiger partial charge in [0.15, 0.2) is 5.96 Å². The monoisotopic (exact) mass is 371 g/mol. The molecule has 1 aliphatic carbocycles. The predicted molar refractivity (Wildman–Crippen MR) is 115 cm³/mol. The van der Waals surface area contributed by atoms with E-state index >= 15 is 0 Å². The third-order valence-electron chi connectivity index (χ3n) is 6.06. The Balaban J connectivity index is 1.90. The summed E-state index contributed by atoms with van der Waals surface area (Å²) in [5, 5.41) is 14.0. The van der Waals surface area contributed by atoms with Crippen molar-refractivity contribution < 1.29 is 5.11 Å². The van der Waals surface area contributed by atoms with Crippen molar-refractivity contribution in [1.82, 2.24) is 4.90 Å². The summed E-state index contributed by atoms with van der Waals surface area (Å²) in [5.74, 6) is 1.25. The minimum Gasteiger partial charge on any atom is -0.506 e. The second-order valence-corrected chi connectivity index (χ2v) is 9.39. The zero-order valence-corrected chi connectivity index (χ0v) is 17.6. The first-order chi connectivity index (χ1) is 12.8. The fraction of sp³-hybridized carbons (Fsp3) is 0.696. The zero-order chi connectivity index (χ0) is 19.4. The first-order valence-corrected chi connectivity index (χ1v) is 10.8. The number of guanidine groups is 1. The number of aromatic hydroxyl groups is 1. The van der Waals surface area contributed by atoms with Crippen molar-refractivity contribution in [1.29, 1.82) is 0 Å². The Labute approximate surface area is 165 Å². The number of anilines is 1. The molecule has 3 rings (SSSR count). The van der Waals surface area contributed by atoms with Crippen LogP contribution in [-0.2, 0) is 5.41 Å². The number of nitrogens with zero attached hydrogens (tertiary/aromatic N) is 2. The van der Waals surface area contributed by atoms with Gasteiger partial charge in [0.25, 0.3) is 0 Å². The predicted octanol–water partition coefficient (Wildman–Crippen LogP) is 5.66. The number of phenolic OH excluding ortho intramolecular Hbond substituents is 1. The van der Waals surface area contributed by atoms with Crippen LogP contribution in [0.1, 0.15) is 84.6 Å². The summed E-state index contributed by atoms with van der Waals surface area (Å²) in [4.78, 5) is 7.58. The number of nitrogens with one attached hydrogen (secondary N) is 1. The van der Waals surface area contributed by atoms with Gasteiger partial charge in [-0.05, 0) is 62.1 Å². The lowest BCUT2D eigenvalue weighted by molar-refractivity contribution is 0.255. The molecule has 1 aromatic carbocycles. The van der Waals surface area contributed by atoms with Gasteiger partial charge < -0.3 is 15.3 Å². The molecule has 1 unspecified atom stereocenters. The van der Waals surface area contributed by atoms with E-state index in [1.807, 2.05) is 6.07 Å². The Morgan fingerprint density at radius 1 is 1.07 bits per heavy atom. The Morgan fingerprint density at radius 3 is 2.44 bits per heavy atom. The van der Waals surface area contributed by atoms with Crippen molar-refractivity contribution in [2.45, 2.75) is 96.6 Å². The highest BCUT2D eigenvalue weighted by Gasteiger charge is 2.25. The van der Waals surface area contributed by atoms with Crippen molar-refractivity contribution in [2.24, 2.45) is 4.99 Å². The molecule has 0 spiro atoms. The normalized spacial score (nSPS) is 22.7. The Bertz CT molecular complexity index is 656. The average Bonchev–Trinajstić information content (AvgIpc) is 2.63. The number of piperidine rings is 1. The van der Waals surface area contributed by atoms with E-state index in [0.717, 1.165) is 18.2 Å². The van der Waals surface area contributed by atoms with Crippen molar-refractivity contribution >= 4 is 11.6 Å². The molecule has 0 radical (unpaired) electrons. The highest BCUT2D eigenvalue weighted by molar-refractivity contribution is 5.95. The molecular formula is C23H37N3O. The topological polar surface area (TPSA) is 47.9 Å². The molecule has 1 atom stereocenters. The van der Waals surface area contributed by atoms with Gasteiger partial charge in [-0.2, -0.15) is 0 Å². The molecule has 1 heterocycles. The first kappa shape index (κ1) is 20.0. The summed E-state index contributed by atoms with van der Waals surface area (Å²) in [5.41, 5.74) is 2.03. The van der Waals surface area contributed by atoms with Crippen LogP contribution in [-0.4, -0.2) is 34.6 Å². The summed E-state index contributed by atoms with van der Waals surface area (Å²) in [6, 6.07) is 6.80. The van der Waals surface area contributed by atoms with Gasteiger partial charge >= 0.3 is 0 Å². The molecule has 1 saturated carbocycles. The number of rotatable bonds is 2. The minimum absolute atomic E-state index is 0.0449. The van der Waals surface area contributed by atoms with Crippen LogP contribution in [0.3, 0.4) is 0 Å². The lowest BCUT2D eigenvalue weighted by Crippen LogP contribution is -2.46. The first-order valence-electron chi connectivity index (χ1n) is 10.8. The van der Waals surface area contributed by atoms with Gasteiger partial charge in [0.05, 0.1) is 11.7 Å². The van der Waals surface area contributed by atoms with E-state index in [2.05, 4.69) is 44.0 Å². The largest absolute Gasteiger partial charge is 0.506 e. The van der Waals surface area contributed by atoms with Crippen LogP contribution in [0.4, 0.5) is 5.69 Å². The van der Waals surface area contributed by atoms with Crippen LogP contribution in [0, 0.1) is 0 Å². The molecule has 0 amide bonds. The molecule has 2 fully saturated rings. The van der Waals surface area contributed by atoms with E-state index in [1.54, 1.807) is 6.07 Å². The molecular weight excluding hydrogens is 334 g/mol. The third-order valence-corrected chi connectivity index (χ3v) is 6.06. The van der Waals surface area contributed by atoms with Gasteiger partial charge in [0.1, 0.15) is 5.75 Å². The van der Waals surface area contributed by atoms with Crippen LogP contribution in [0.5, 0.6) is 5.75 Å². The quantitative estimate of drug-likeness (QED) is 0.400. The Morgan fingerprint density at radius 2 is 1.78 bits per heavy atom. The van der Waals surface area contributed by atoms with E-state index in [4.69, 9.17) is 4.99 Å². The van der Waals surface area contributed by atoms with Crippen molar-refractivity contribution in [3.8, 4) is 5.75 Å². The number of benzene rings is 1. The van der Waals surface area contributed by atoms with Crippen LogP contribution in [0.25, 0.3) is 0 Å². The minimum atomic E-state index is 0.0449. The van der Waals surface area contributed by atoms with E-state index in [1.165, 1.54) is 56.9 Å². The van der Waals surface area contributed by atoms with Crippen LogP contribution < -0.4 is 5.32 Å². The summed E-state index contributed by atoms with van der Waals surface area (Å²) < 4.78 is 0. The lowest BCUT2D eigenvalue weighted by atomic mass is 9.87. The summed E-state index contributed by atoms with van der Waals surface area (Å²) >= 11 is 0. The zero-order valence-electron chi connectivity index (χ0n) is 17.6. The van der Waals surface area contributed by atoms with Gasteiger partial charge in [-0.25, -0.2) is 4.99 Å². The molecule has 1 saturated heterocycles. The molecule has 2 aliphatic rings. The van der Waals surface area contributed by atoms with Crippen molar-refractivity contribution in [3.05, 3.63) is 23.8 Å². The van der Waals surface area contributed by atoms with E-state index in [0.29, 0.717) is 17.8 Å². The number of hydrogen-bond donors (Lipinski definition) is 2. The van der Waals surface area contributed by atoms with Gasteiger partial charge in [-0.1, -0.05) is 46.1 Å². The van der Waals surface area contributed by atoms with Crippen LogP contribution >= 0.6 is 0 Å². The second-order valence-electron chi connectivity index (χ2n) is 9.39. The standard InChI is InChI=1S/C23H37N3O/c1-17-10-8-9-15-26(17)22(24-19-11-6-5-7-12-19)25-20-16-18(23(2,3)4)13-14-21(20)27/h13-14,16-17,19,27H,5-12,15H2,1-4H3,(H,24,25). The van der Waals surface area contributed by atoms with Gasteiger partial charge in [-0.15, -0.1) is 0 Å². The molecule has 1 aromatic rings. The van der Waals surface area contributed by atoms with Crippen molar-refractivity contribution in [3.63, 3.8) is 0 Å². The third kappa shape index (κ3) is 5.18. The summed E-state index contributed by atoms with van der Waals surface area (Å²) in [7, 11) is 0. The van der Waals surface area contributed by atoms with E-state index in [9.17, 15) is 5.11 Å². The highest BCUT2D eigenvalue weighted by atomic mass is 16.3. The van der Waals surface area contributed by atoms with Crippen LogP contribution in [0.2, 0.25) is 0 Å². The Kier molecular flexibility index (Phi) is 6.33. The fourth-order valence-electron chi connectivity index (χ4n) is 4.20. The van der Waals surface area contributed by atoms with Crippen LogP contribution in [0.15, 0.2) is 23.2 Å². The molecule has 27 heavy (non-hydrogen) atoms. The van der Waals surface area contributed by atoms with Crippen molar-refractivity contribution in [2.75, 3.05) is 11.9 Å². The molecule has 150 valence electrons. The molecule has 0 bridgehead atoms. The SMILES string of the molecule is CC1CCCCN1C(=NC1CCCCC1)Nc1cc(C(C)(C)C)ccc1O. The number of phenols is 1. The lowest BCUT2D eigenvalue weighted by Gasteiger charge is -2.37. The maximum Gasteiger partial charge on any atom is 0.199 e. The number of hydrogen-bond acceptors (Lipinski definition) is 2. The maximum absolute atomic E-state index is 10.5. The molecule has 4 heteroatoms. The van der Waals surface area contributed by atoms with E-state index in [-0.39, 0.29) is 5.41 Å². The van der Waals surface area contributed by atoms with Gasteiger partial charge in [-0.3, -0.25) is 0 Å². The molecule has 1 aliphatic heterocycles.